The van der Waals surface area contributed by atoms with Gasteiger partial charge in [-0.3, -0.25) is 0 Å². The average Bonchev–Trinajstić information content (AvgIpc) is 3.14. The Balaban J connectivity index is 1.46. The molecule has 3 rings (SSSR count). The molecule has 0 N–H and O–H groups in total. The Morgan fingerprint density at radius 3 is 2.58 bits per heavy atom. The summed E-state index contributed by atoms with van der Waals surface area (Å²) in [6.45, 7) is 0. The molecule has 0 fully saturated rings. The zero-order chi connectivity index (χ0) is 18.4. The summed E-state index contributed by atoms with van der Waals surface area (Å²) in [6.07, 6.45) is -2.94. The van der Waals surface area contributed by atoms with Gasteiger partial charge in [-0.25, -0.2) is 9.97 Å². The predicted octanol–water partition coefficient (Wildman–Crippen LogP) is 6.69. The summed E-state index contributed by atoms with van der Waals surface area (Å²) in [7, 11) is 4.54. The van der Waals surface area contributed by atoms with E-state index in [9.17, 15) is 13.2 Å². The van der Waals surface area contributed by atoms with Gasteiger partial charge in [0.25, 0.3) is 0 Å². The molecular formula is C16H11F3N2OS4. The van der Waals surface area contributed by atoms with Crippen molar-refractivity contribution < 1.29 is 17.9 Å². The van der Waals surface area contributed by atoms with Crippen molar-refractivity contribution in [2.75, 3.05) is 0 Å². The molecule has 3 nitrogen and oxygen atoms in total. The molecule has 0 atom stereocenters. The highest BCUT2D eigenvalue weighted by atomic mass is 33.5. The van der Waals surface area contributed by atoms with E-state index in [0.717, 1.165) is 16.1 Å². The van der Waals surface area contributed by atoms with Crippen molar-refractivity contribution in [2.24, 2.45) is 0 Å². The van der Waals surface area contributed by atoms with Crippen LogP contribution in [0.2, 0.25) is 0 Å². The van der Waals surface area contributed by atoms with E-state index in [-0.39, 0.29) is 5.75 Å². The Hall–Kier alpha value is -1.36. The molecular weight excluding hydrogens is 421 g/mol. The quantitative estimate of drug-likeness (QED) is 0.235. The maximum atomic E-state index is 12.1. The summed E-state index contributed by atoms with van der Waals surface area (Å²) in [4.78, 5) is 9.84. The number of hydrogen-bond acceptors (Lipinski definition) is 7. The molecule has 0 saturated heterocycles. The van der Waals surface area contributed by atoms with E-state index in [1.165, 1.54) is 32.8 Å². The third-order valence-electron chi connectivity index (χ3n) is 2.95. The molecule has 0 aliphatic carbocycles. The lowest BCUT2D eigenvalue weighted by molar-refractivity contribution is -0.274. The SMILES string of the molecule is FC(F)(F)Oc1ccc(CSSSc2nccc(-c3cccs3)n2)cc1. The number of benzene rings is 1. The van der Waals surface area contributed by atoms with E-state index in [1.54, 1.807) is 40.5 Å². The molecule has 0 unspecified atom stereocenters. The highest BCUT2D eigenvalue weighted by molar-refractivity contribution is 9.09. The minimum absolute atomic E-state index is 0.216. The van der Waals surface area contributed by atoms with Gasteiger partial charge >= 0.3 is 6.36 Å². The minimum atomic E-state index is -4.67. The third kappa shape index (κ3) is 6.11. The average molecular weight is 433 g/mol. The van der Waals surface area contributed by atoms with Crippen molar-refractivity contribution >= 4 is 42.8 Å². The second kappa shape index (κ2) is 9.03. The van der Waals surface area contributed by atoms with Gasteiger partial charge in [0.1, 0.15) is 5.75 Å². The van der Waals surface area contributed by atoms with Gasteiger partial charge < -0.3 is 4.74 Å². The topological polar surface area (TPSA) is 35.0 Å². The summed E-state index contributed by atoms with van der Waals surface area (Å²) >= 11 is 1.62. The Bertz CT molecular complexity index is 826. The van der Waals surface area contributed by atoms with Crippen LogP contribution in [0.4, 0.5) is 13.2 Å². The fourth-order valence-electron chi connectivity index (χ4n) is 1.88. The van der Waals surface area contributed by atoms with Crippen LogP contribution in [0.25, 0.3) is 10.6 Å². The number of alkyl halides is 3. The Morgan fingerprint density at radius 2 is 1.88 bits per heavy atom. The van der Waals surface area contributed by atoms with E-state index in [2.05, 4.69) is 14.7 Å². The van der Waals surface area contributed by atoms with Gasteiger partial charge in [-0.05, 0) is 55.8 Å². The minimum Gasteiger partial charge on any atom is -0.406 e. The molecule has 0 saturated carbocycles. The molecule has 0 aliphatic rings. The van der Waals surface area contributed by atoms with Crippen LogP contribution in [-0.4, -0.2) is 16.3 Å². The highest BCUT2D eigenvalue weighted by Gasteiger charge is 2.30. The van der Waals surface area contributed by atoms with Crippen LogP contribution < -0.4 is 4.74 Å². The Kier molecular flexibility index (Phi) is 6.74. The van der Waals surface area contributed by atoms with E-state index in [4.69, 9.17) is 0 Å². The summed E-state index contributed by atoms with van der Waals surface area (Å²) in [5.41, 5.74) is 1.80. The van der Waals surface area contributed by atoms with Crippen molar-refractivity contribution in [3.63, 3.8) is 0 Å². The van der Waals surface area contributed by atoms with Crippen molar-refractivity contribution in [2.45, 2.75) is 17.3 Å². The maximum absolute atomic E-state index is 12.1. The number of hydrogen-bond donors (Lipinski definition) is 0. The number of halogens is 3. The smallest absolute Gasteiger partial charge is 0.406 e. The lowest BCUT2D eigenvalue weighted by Gasteiger charge is -2.09. The van der Waals surface area contributed by atoms with Gasteiger partial charge in [0.05, 0.1) is 10.6 Å². The zero-order valence-electron chi connectivity index (χ0n) is 13.0. The van der Waals surface area contributed by atoms with Crippen LogP contribution in [-0.2, 0) is 5.75 Å². The van der Waals surface area contributed by atoms with E-state index >= 15 is 0 Å². The van der Waals surface area contributed by atoms with Gasteiger partial charge in [0, 0.05) is 11.9 Å². The van der Waals surface area contributed by atoms with Gasteiger partial charge in [-0.15, -0.1) is 24.5 Å². The Morgan fingerprint density at radius 1 is 1.08 bits per heavy atom. The molecule has 2 aromatic heterocycles. The molecule has 10 heteroatoms. The van der Waals surface area contributed by atoms with Crippen LogP contribution in [0.5, 0.6) is 5.75 Å². The molecule has 2 heterocycles. The number of nitrogens with zero attached hydrogens (tertiary/aromatic N) is 2. The fraction of sp³-hybridized carbons (Fsp3) is 0.125. The first-order valence-electron chi connectivity index (χ1n) is 7.17. The maximum Gasteiger partial charge on any atom is 0.573 e. The molecule has 1 aromatic carbocycles. The van der Waals surface area contributed by atoms with Crippen LogP contribution in [0, 0.1) is 0 Å². The van der Waals surface area contributed by atoms with Crippen molar-refractivity contribution in [1.82, 2.24) is 9.97 Å². The first-order chi connectivity index (χ1) is 12.5. The molecule has 0 radical (unpaired) electrons. The largest absolute Gasteiger partial charge is 0.573 e. The van der Waals surface area contributed by atoms with Gasteiger partial charge in [-0.2, -0.15) is 0 Å². The second-order valence-electron chi connectivity index (χ2n) is 4.81. The summed E-state index contributed by atoms with van der Waals surface area (Å²) in [5.74, 6) is 0.432. The van der Waals surface area contributed by atoms with Crippen molar-refractivity contribution in [1.29, 1.82) is 0 Å². The van der Waals surface area contributed by atoms with Crippen molar-refractivity contribution in [3.8, 4) is 16.3 Å². The lowest BCUT2D eigenvalue weighted by Crippen LogP contribution is -2.16. The van der Waals surface area contributed by atoms with E-state index < -0.39 is 6.36 Å². The highest BCUT2D eigenvalue weighted by Crippen LogP contribution is 2.41. The number of thiophene rings is 1. The molecule has 0 aliphatic heterocycles. The number of rotatable bonds is 7. The number of ether oxygens (including phenoxy) is 1. The van der Waals surface area contributed by atoms with Gasteiger partial charge in [-0.1, -0.05) is 29.0 Å². The normalized spacial score (nSPS) is 11.5. The molecule has 26 heavy (non-hydrogen) atoms. The van der Waals surface area contributed by atoms with Crippen LogP contribution in [0.1, 0.15) is 5.56 Å². The zero-order valence-corrected chi connectivity index (χ0v) is 16.2. The van der Waals surface area contributed by atoms with Gasteiger partial charge in [0.2, 0.25) is 0 Å². The molecule has 0 spiro atoms. The summed E-state index contributed by atoms with van der Waals surface area (Å²) in [6, 6.07) is 11.7. The third-order valence-corrected chi connectivity index (χ3v) is 7.57. The Labute approximate surface area is 163 Å². The molecule has 136 valence electrons. The lowest BCUT2D eigenvalue weighted by atomic mass is 10.2. The first-order valence-corrected chi connectivity index (χ1v) is 11.7. The van der Waals surface area contributed by atoms with Crippen molar-refractivity contribution in [3.05, 3.63) is 59.6 Å². The summed E-state index contributed by atoms with van der Waals surface area (Å²) in [5, 5.41) is 2.67. The molecule has 0 bridgehead atoms. The summed E-state index contributed by atoms with van der Waals surface area (Å²) < 4.78 is 40.2. The van der Waals surface area contributed by atoms with Crippen LogP contribution >= 0.6 is 42.8 Å². The van der Waals surface area contributed by atoms with Crippen LogP contribution in [0.3, 0.4) is 0 Å². The monoisotopic (exact) mass is 432 g/mol. The first kappa shape index (κ1) is 19.4. The van der Waals surface area contributed by atoms with Gasteiger partial charge in [0.15, 0.2) is 5.16 Å². The second-order valence-corrected chi connectivity index (χ2v) is 9.79. The van der Waals surface area contributed by atoms with Crippen LogP contribution in [0.15, 0.2) is 59.2 Å². The van der Waals surface area contributed by atoms with E-state index in [1.807, 2.05) is 23.6 Å². The standard InChI is InChI=1S/C16H11F3N2OS4/c17-16(18,19)22-12-5-3-11(4-6-12)10-24-26-25-15-20-8-7-13(21-15)14-2-1-9-23-14/h1-9H,10H2. The number of aromatic nitrogens is 2. The molecule has 0 amide bonds. The molecule has 3 aromatic rings. The fourth-order valence-corrected chi connectivity index (χ4v) is 5.83. The van der Waals surface area contributed by atoms with E-state index in [0.29, 0.717) is 10.9 Å². The predicted molar refractivity (Wildman–Crippen MR) is 103 cm³/mol.